The van der Waals surface area contributed by atoms with Gasteiger partial charge < -0.3 is 10.2 Å². The molecule has 3 aromatic carbocycles. The maximum Gasteiger partial charge on any atom is 0.264 e. The summed E-state index contributed by atoms with van der Waals surface area (Å²) in [6.07, 6.45) is 4.37. The van der Waals surface area contributed by atoms with E-state index in [2.05, 4.69) is 5.32 Å². The molecule has 1 atom stereocenters. The minimum atomic E-state index is -4.12. The van der Waals surface area contributed by atoms with E-state index < -0.39 is 28.5 Å². The molecule has 1 N–H and O–H groups in total. The van der Waals surface area contributed by atoms with Crippen molar-refractivity contribution in [2.45, 2.75) is 69.5 Å². The van der Waals surface area contributed by atoms with Gasteiger partial charge in [0.15, 0.2) is 0 Å². The predicted molar refractivity (Wildman–Crippen MR) is 159 cm³/mol. The summed E-state index contributed by atoms with van der Waals surface area (Å²) in [5.41, 5.74) is 2.16. The van der Waals surface area contributed by atoms with E-state index in [9.17, 15) is 18.0 Å². The van der Waals surface area contributed by atoms with Gasteiger partial charge in [-0.1, -0.05) is 85.5 Å². The Bertz CT molecular complexity index is 1430. The molecule has 0 bridgehead atoms. The highest BCUT2D eigenvalue weighted by Crippen LogP contribution is 2.27. The molecule has 1 aliphatic rings. The van der Waals surface area contributed by atoms with Crippen LogP contribution in [0.1, 0.15) is 50.2 Å². The molecule has 1 fully saturated rings. The van der Waals surface area contributed by atoms with Crippen LogP contribution in [0.5, 0.6) is 0 Å². The van der Waals surface area contributed by atoms with Crippen molar-refractivity contribution >= 4 is 39.1 Å². The van der Waals surface area contributed by atoms with Gasteiger partial charge in [0.25, 0.3) is 10.0 Å². The minimum Gasteiger partial charge on any atom is -0.352 e. The average molecular weight is 582 g/mol. The number of hydrogen-bond acceptors (Lipinski definition) is 4. The monoisotopic (exact) mass is 581 g/mol. The molecule has 3 aromatic rings. The van der Waals surface area contributed by atoms with Gasteiger partial charge >= 0.3 is 0 Å². The molecule has 0 unspecified atom stereocenters. The molecule has 0 spiro atoms. The van der Waals surface area contributed by atoms with Crippen LogP contribution in [0.2, 0.25) is 5.02 Å². The molecule has 40 heavy (non-hydrogen) atoms. The molecule has 7 nitrogen and oxygen atoms in total. The van der Waals surface area contributed by atoms with E-state index in [0.717, 1.165) is 41.1 Å². The quantitative estimate of drug-likeness (QED) is 0.314. The summed E-state index contributed by atoms with van der Waals surface area (Å²) in [7, 11) is -4.12. The third kappa shape index (κ3) is 7.23. The Balaban J connectivity index is 1.71. The lowest BCUT2D eigenvalue weighted by Gasteiger charge is -2.34. The first kappa shape index (κ1) is 29.6. The lowest BCUT2D eigenvalue weighted by molar-refractivity contribution is -0.140. The van der Waals surface area contributed by atoms with E-state index in [4.69, 9.17) is 11.6 Å². The van der Waals surface area contributed by atoms with E-state index in [1.54, 1.807) is 36.4 Å². The van der Waals surface area contributed by atoms with E-state index in [-0.39, 0.29) is 29.1 Å². The molecule has 0 radical (unpaired) electrons. The highest BCUT2D eigenvalue weighted by atomic mass is 35.5. The Labute approximate surface area is 242 Å². The normalized spacial score (nSPS) is 14.5. The smallest absolute Gasteiger partial charge is 0.264 e. The van der Waals surface area contributed by atoms with Crippen LogP contribution in [0.3, 0.4) is 0 Å². The van der Waals surface area contributed by atoms with Crippen LogP contribution < -0.4 is 9.62 Å². The third-order valence-corrected chi connectivity index (χ3v) is 9.25. The van der Waals surface area contributed by atoms with Gasteiger partial charge in [-0.15, -0.1) is 0 Å². The topological polar surface area (TPSA) is 86.8 Å². The first-order chi connectivity index (χ1) is 19.2. The van der Waals surface area contributed by atoms with Gasteiger partial charge in [-0.3, -0.25) is 13.9 Å². The summed E-state index contributed by atoms with van der Waals surface area (Å²) >= 11 is 6.23. The number of anilines is 1. The number of rotatable bonds is 11. The molecule has 4 rings (SSSR count). The van der Waals surface area contributed by atoms with Crippen LogP contribution >= 0.6 is 11.6 Å². The van der Waals surface area contributed by atoms with Crippen molar-refractivity contribution in [3.63, 3.8) is 0 Å². The predicted octanol–water partition coefficient (Wildman–Crippen LogP) is 5.71. The molecule has 0 saturated heterocycles. The van der Waals surface area contributed by atoms with E-state index in [1.807, 2.05) is 38.1 Å². The van der Waals surface area contributed by atoms with Crippen LogP contribution in [-0.2, 0) is 26.2 Å². The van der Waals surface area contributed by atoms with Crippen molar-refractivity contribution in [2.75, 3.05) is 10.8 Å². The highest BCUT2D eigenvalue weighted by molar-refractivity contribution is 7.92. The van der Waals surface area contributed by atoms with Crippen molar-refractivity contribution in [1.29, 1.82) is 0 Å². The zero-order chi connectivity index (χ0) is 28.7. The van der Waals surface area contributed by atoms with Gasteiger partial charge in [-0.25, -0.2) is 8.42 Å². The zero-order valence-corrected chi connectivity index (χ0v) is 24.5. The number of aryl methyl sites for hydroxylation is 1. The van der Waals surface area contributed by atoms with Crippen molar-refractivity contribution < 1.29 is 18.0 Å². The summed E-state index contributed by atoms with van der Waals surface area (Å²) < 4.78 is 28.8. The Morgan fingerprint density at radius 3 is 2.33 bits per heavy atom. The van der Waals surface area contributed by atoms with Crippen LogP contribution in [-0.4, -0.2) is 43.8 Å². The third-order valence-electron chi connectivity index (χ3n) is 7.23. The minimum absolute atomic E-state index is 0.0547. The molecular weight excluding hydrogens is 546 g/mol. The standard InChI is InChI=1S/C31H36ClN3O4S/c1-3-29(31(37)33-26-14-7-8-15-26)34(21-24-12-9-11-23(2)19-24)30(36)22-35(27-16-10-13-25(32)20-27)40(38,39)28-17-5-4-6-18-28/h4-6,9-13,16-20,26,29H,3,7-8,14-15,21-22H2,1-2H3,(H,33,37)/t29-/m1/s1. The molecular formula is C31H36ClN3O4S. The first-order valence-corrected chi connectivity index (χ1v) is 15.5. The van der Waals surface area contributed by atoms with Crippen LogP contribution in [0, 0.1) is 6.92 Å². The lowest BCUT2D eigenvalue weighted by atomic mass is 10.1. The number of sulfonamides is 1. The second-order valence-corrected chi connectivity index (χ2v) is 12.5. The van der Waals surface area contributed by atoms with Gasteiger partial charge in [0.1, 0.15) is 12.6 Å². The van der Waals surface area contributed by atoms with Gasteiger partial charge in [-0.2, -0.15) is 0 Å². The first-order valence-electron chi connectivity index (χ1n) is 13.7. The van der Waals surface area contributed by atoms with Crippen molar-refractivity contribution in [1.82, 2.24) is 10.2 Å². The molecule has 0 aromatic heterocycles. The largest absolute Gasteiger partial charge is 0.352 e. The Morgan fingerprint density at radius 2 is 1.68 bits per heavy atom. The van der Waals surface area contributed by atoms with Crippen molar-refractivity contribution in [3.8, 4) is 0 Å². The summed E-state index contributed by atoms with van der Waals surface area (Å²) in [5, 5.41) is 3.47. The number of benzene rings is 3. The molecule has 1 saturated carbocycles. The van der Waals surface area contributed by atoms with E-state index >= 15 is 0 Å². The number of halogens is 1. The van der Waals surface area contributed by atoms with Gasteiger partial charge in [0.05, 0.1) is 10.6 Å². The van der Waals surface area contributed by atoms with Gasteiger partial charge in [0, 0.05) is 17.6 Å². The van der Waals surface area contributed by atoms with Gasteiger partial charge in [-0.05, 0) is 62.1 Å². The number of carbonyl (C=O) groups excluding carboxylic acids is 2. The second kappa shape index (κ2) is 13.3. The molecule has 0 aliphatic heterocycles. The maximum atomic E-state index is 14.1. The summed E-state index contributed by atoms with van der Waals surface area (Å²) in [6.45, 7) is 3.51. The van der Waals surface area contributed by atoms with E-state index in [1.165, 1.54) is 23.1 Å². The summed E-state index contributed by atoms with van der Waals surface area (Å²) in [6, 6.07) is 21.5. The SMILES string of the molecule is CC[C@H](C(=O)NC1CCCC1)N(Cc1cccc(C)c1)C(=O)CN(c1cccc(Cl)c1)S(=O)(=O)c1ccccc1. The zero-order valence-electron chi connectivity index (χ0n) is 22.9. The van der Waals surface area contributed by atoms with Crippen molar-refractivity contribution in [3.05, 3.63) is 95.0 Å². The second-order valence-electron chi connectivity index (χ2n) is 10.2. The Hall–Kier alpha value is -3.36. The Morgan fingerprint density at radius 1 is 0.975 bits per heavy atom. The summed E-state index contributed by atoms with van der Waals surface area (Å²) in [5.74, 6) is -0.690. The fourth-order valence-corrected chi connectivity index (χ4v) is 6.79. The fourth-order valence-electron chi connectivity index (χ4n) is 5.17. The molecule has 2 amide bonds. The highest BCUT2D eigenvalue weighted by Gasteiger charge is 2.34. The fraction of sp³-hybridized carbons (Fsp3) is 0.355. The molecule has 0 heterocycles. The van der Waals surface area contributed by atoms with Crippen LogP contribution in [0.25, 0.3) is 0 Å². The number of amides is 2. The molecule has 212 valence electrons. The maximum absolute atomic E-state index is 14.1. The molecule has 9 heteroatoms. The van der Waals surface area contributed by atoms with Crippen LogP contribution in [0.15, 0.2) is 83.8 Å². The van der Waals surface area contributed by atoms with E-state index in [0.29, 0.717) is 11.4 Å². The molecule has 1 aliphatic carbocycles. The van der Waals surface area contributed by atoms with Gasteiger partial charge in [0.2, 0.25) is 11.8 Å². The average Bonchev–Trinajstić information content (AvgIpc) is 3.45. The number of carbonyl (C=O) groups is 2. The number of hydrogen-bond donors (Lipinski definition) is 1. The van der Waals surface area contributed by atoms with Crippen LogP contribution in [0.4, 0.5) is 5.69 Å². The Kier molecular flexibility index (Phi) is 9.87. The van der Waals surface area contributed by atoms with Crippen molar-refractivity contribution in [2.24, 2.45) is 0 Å². The number of nitrogens with one attached hydrogen (secondary N) is 1. The summed E-state index contributed by atoms with van der Waals surface area (Å²) in [4.78, 5) is 29.2. The lowest BCUT2D eigenvalue weighted by Crippen LogP contribution is -2.53. The number of nitrogens with zero attached hydrogens (tertiary/aromatic N) is 2.